The van der Waals surface area contributed by atoms with Crippen molar-refractivity contribution in [3.05, 3.63) is 24.3 Å². The zero-order valence-corrected chi connectivity index (χ0v) is 14.1. The molecule has 126 valence electrons. The van der Waals surface area contributed by atoms with Crippen molar-refractivity contribution in [3.63, 3.8) is 0 Å². The molecule has 2 rings (SSSR count). The summed E-state index contributed by atoms with van der Waals surface area (Å²) in [5.74, 6) is -0.554. The Labute approximate surface area is 137 Å². The van der Waals surface area contributed by atoms with Gasteiger partial charge in [0.05, 0.1) is 0 Å². The van der Waals surface area contributed by atoms with Gasteiger partial charge in [0.25, 0.3) is 0 Å². The number of piperazine rings is 1. The first kappa shape index (κ1) is 17.3. The zero-order valence-electron chi connectivity index (χ0n) is 14.1. The molecule has 0 saturated carbocycles. The van der Waals surface area contributed by atoms with E-state index in [-0.39, 0.29) is 24.3 Å². The van der Waals surface area contributed by atoms with Gasteiger partial charge in [0, 0.05) is 43.6 Å². The second-order valence-electron chi connectivity index (χ2n) is 6.28. The number of carbonyl (C=O) groups excluding carboxylic acids is 2. The van der Waals surface area contributed by atoms with Gasteiger partial charge in [0.15, 0.2) is 0 Å². The standard InChI is InChI=1S/C17H26N4O2/c1-13(2)18-16(22)12-17(23)19-14-4-6-15(7-5-14)21-10-8-20(3)9-11-21/h4-7,13H,8-12H2,1-3H3,(H,18,22)(H,19,23). The van der Waals surface area contributed by atoms with E-state index in [1.54, 1.807) is 0 Å². The van der Waals surface area contributed by atoms with E-state index in [0.29, 0.717) is 5.69 Å². The molecule has 0 unspecified atom stereocenters. The molecule has 1 fully saturated rings. The number of carbonyl (C=O) groups is 2. The van der Waals surface area contributed by atoms with Crippen molar-refractivity contribution in [2.75, 3.05) is 43.4 Å². The molecule has 1 aromatic rings. The number of anilines is 2. The lowest BCUT2D eigenvalue weighted by molar-refractivity contribution is -0.127. The van der Waals surface area contributed by atoms with Crippen LogP contribution in [0.25, 0.3) is 0 Å². The normalized spacial score (nSPS) is 15.6. The molecule has 0 aliphatic carbocycles. The van der Waals surface area contributed by atoms with Crippen molar-refractivity contribution in [1.29, 1.82) is 0 Å². The number of amides is 2. The van der Waals surface area contributed by atoms with Gasteiger partial charge in [0.2, 0.25) is 11.8 Å². The van der Waals surface area contributed by atoms with Gasteiger partial charge in [-0.25, -0.2) is 0 Å². The molecule has 23 heavy (non-hydrogen) atoms. The molecule has 6 nitrogen and oxygen atoms in total. The Morgan fingerprint density at radius 3 is 2.22 bits per heavy atom. The molecule has 0 bridgehead atoms. The van der Waals surface area contributed by atoms with Crippen LogP contribution in [0.4, 0.5) is 11.4 Å². The van der Waals surface area contributed by atoms with E-state index in [4.69, 9.17) is 0 Å². The highest BCUT2D eigenvalue weighted by molar-refractivity contribution is 6.03. The van der Waals surface area contributed by atoms with Gasteiger partial charge in [-0.1, -0.05) is 0 Å². The number of nitrogens with one attached hydrogen (secondary N) is 2. The average Bonchev–Trinajstić information content (AvgIpc) is 2.48. The van der Waals surface area contributed by atoms with Crippen LogP contribution < -0.4 is 15.5 Å². The summed E-state index contributed by atoms with van der Waals surface area (Å²) in [6, 6.07) is 7.82. The molecule has 1 aliphatic rings. The fourth-order valence-electron chi connectivity index (χ4n) is 2.54. The SMILES string of the molecule is CC(C)NC(=O)CC(=O)Nc1ccc(N2CCN(C)CC2)cc1. The Bertz CT molecular complexity index is 534. The van der Waals surface area contributed by atoms with Crippen LogP contribution in [0, 0.1) is 0 Å². The van der Waals surface area contributed by atoms with Gasteiger partial charge < -0.3 is 20.4 Å². The fourth-order valence-corrected chi connectivity index (χ4v) is 2.54. The highest BCUT2D eigenvalue weighted by Crippen LogP contribution is 2.19. The van der Waals surface area contributed by atoms with Crippen molar-refractivity contribution in [1.82, 2.24) is 10.2 Å². The van der Waals surface area contributed by atoms with Gasteiger partial charge in [0.1, 0.15) is 6.42 Å². The first-order valence-corrected chi connectivity index (χ1v) is 8.07. The van der Waals surface area contributed by atoms with Gasteiger partial charge in [-0.15, -0.1) is 0 Å². The highest BCUT2D eigenvalue weighted by Gasteiger charge is 2.14. The Morgan fingerprint density at radius 2 is 1.65 bits per heavy atom. The number of benzene rings is 1. The molecule has 1 saturated heterocycles. The third-order valence-electron chi connectivity index (χ3n) is 3.79. The van der Waals surface area contributed by atoms with Crippen LogP contribution in [0.5, 0.6) is 0 Å². The third-order valence-corrected chi connectivity index (χ3v) is 3.79. The van der Waals surface area contributed by atoms with Crippen LogP contribution >= 0.6 is 0 Å². The Morgan fingerprint density at radius 1 is 1.04 bits per heavy atom. The summed E-state index contributed by atoms with van der Waals surface area (Å²) < 4.78 is 0. The topological polar surface area (TPSA) is 64.7 Å². The number of nitrogens with zero attached hydrogens (tertiary/aromatic N) is 2. The predicted octanol–water partition coefficient (Wildman–Crippen LogP) is 1.29. The van der Waals surface area contributed by atoms with Gasteiger partial charge in [-0.3, -0.25) is 9.59 Å². The Kier molecular flexibility index (Phi) is 5.98. The minimum absolute atomic E-state index is 0.0400. The molecule has 0 radical (unpaired) electrons. The summed E-state index contributed by atoms with van der Waals surface area (Å²) in [5, 5.41) is 5.46. The predicted molar refractivity (Wildman–Crippen MR) is 92.7 cm³/mol. The summed E-state index contributed by atoms with van der Waals surface area (Å²) in [6.45, 7) is 7.88. The van der Waals surface area contributed by atoms with Crippen molar-refractivity contribution in [2.45, 2.75) is 26.3 Å². The minimum Gasteiger partial charge on any atom is -0.369 e. The van der Waals surface area contributed by atoms with Crippen molar-refractivity contribution in [3.8, 4) is 0 Å². The molecule has 1 aromatic carbocycles. The summed E-state index contributed by atoms with van der Waals surface area (Å²) in [4.78, 5) is 28.0. The van der Waals surface area contributed by atoms with Crippen LogP contribution in [-0.2, 0) is 9.59 Å². The monoisotopic (exact) mass is 318 g/mol. The lowest BCUT2D eigenvalue weighted by Crippen LogP contribution is -2.44. The molecule has 0 spiro atoms. The number of hydrogen-bond acceptors (Lipinski definition) is 4. The lowest BCUT2D eigenvalue weighted by atomic mass is 10.2. The van der Waals surface area contributed by atoms with E-state index in [1.165, 1.54) is 0 Å². The highest BCUT2D eigenvalue weighted by atomic mass is 16.2. The number of rotatable bonds is 5. The maximum atomic E-state index is 11.8. The first-order chi connectivity index (χ1) is 10.9. The van der Waals surface area contributed by atoms with Gasteiger partial charge in [-0.05, 0) is 45.2 Å². The molecule has 0 aromatic heterocycles. The van der Waals surface area contributed by atoms with Crippen molar-refractivity contribution < 1.29 is 9.59 Å². The van der Waals surface area contributed by atoms with Gasteiger partial charge in [-0.2, -0.15) is 0 Å². The summed E-state index contributed by atoms with van der Waals surface area (Å²) in [6.07, 6.45) is -0.154. The quantitative estimate of drug-likeness (QED) is 0.803. The average molecular weight is 318 g/mol. The molecule has 6 heteroatoms. The second-order valence-corrected chi connectivity index (χ2v) is 6.28. The first-order valence-electron chi connectivity index (χ1n) is 8.07. The molecule has 1 aliphatic heterocycles. The zero-order chi connectivity index (χ0) is 16.8. The largest absolute Gasteiger partial charge is 0.369 e. The number of likely N-dealkylation sites (N-methyl/N-ethyl adjacent to an activating group) is 1. The Balaban J connectivity index is 1.85. The second kappa shape index (κ2) is 7.97. The minimum atomic E-state index is -0.296. The smallest absolute Gasteiger partial charge is 0.233 e. The van der Waals surface area contributed by atoms with E-state index in [0.717, 1.165) is 31.9 Å². The lowest BCUT2D eigenvalue weighted by Gasteiger charge is -2.34. The molecule has 2 N–H and O–H groups in total. The van der Waals surface area contributed by atoms with E-state index in [9.17, 15) is 9.59 Å². The van der Waals surface area contributed by atoms with Crippen LogP contribution in [0.3, 0.4) is 0 Å². The van der Waals surface area contributed by atoms with Gasteiger partial charge >= 0.3 is 0 Å². The summed E-state index contributed by atoms with van der Waals surface area (Å²) in [5.41, 5.74) is 1.87. The Hall–Kier alpha value is -2.08. The molecular weight excluding hydrogens is 292 g/mol. The van der Waals surface area contributed by atoms with Crippen molar-refractivity contribution in [2.24, 2.45) is 0 Å². The molecule has 0 atom stereocenters. The van der Waals surface area contributed by atoms with Crippen LogP contribution in [-0.4, -0.2) is 56.0 Å². The van der Waals surface area contributed by atoms with Crippen molar-refractivity contribution >= 4 is 23.2 Å². The van der Waals surface area contributed by atoms with Crippen LogP contribution in [0.1, 0.15) is 20.3 Å². The maximum absolute atomic E-state index is 11.8. The van der Waals surface area contributed by atoms with Crippen LogP contribution in [0.15, 0.2) is 24.3 Å². The molecule has 1 heterocycles. The molecule has 2 amide bonds. The van der Waals surface area contributed by atoms with E-state index in [2.05, 4.69) is 27.5 Å². The van der Waals surface area contributed by atoms with E-state index >= 15 is 0 Å². The van der Waals surface area contributed by atoms with E-state index in [1.807, 2.05) is 38.1 Å². The molecular formula is C17H26N4O2. The van der Waals surface area contributed by atoms with E-state index < -0.39 is 0 Å². The fraction of sp³-hybridized carbons (Fsp3) is 0.529. The summed E-state index contributed by atoms with van der Waals surface area (Å²) in [7, 11) is 2.13. The maximum Gasteiger partial charge on any atom is 0.233 e. The number of hydrogen-bond donors (Lipinski definition) is 2. The summed E-state index contributed by atoms with van der Waals surface area (Å²) >= 11 is 0. The van der Waals surface area contributed by atoms with Crippen LogP contribution in [0.2, 0.25) is 0 Å². The third kappa shape index (κ3) is 5.56.